The highest BCUT2D eigenvalue weighted by molar-refractivity contribution is 14.1. The van der Waals surface area contributed by atoms with Gasteiger partial charge in [0.15, 0.2) is 5.78 Å². The number of fused-ring (bicyclic) bond motifs is 2. The van der Waals surface area contributed by atoms with E-state index in [0.29, 0.717) is 18.1 Å². The number of Topliss-reactive ketones (excluding diaryl/α,β-unsaturated/α-hetero) is 1. The number of benzene rings is 1. The molecule has 0 aliphatic heterocycles. The van der Waals surface area contributed by atoms with Crippen molar-refractivity contribution in [2.24, 2.45) is 17.8 Å². The van der Waals surface area contributed by atoms with Crippen LogP contribution in [0.3, 0.4) is 0 Å². The molecule has 2 bridgehead atoms. The lowest BCUT2D eigenvalue weighted by atomic mass is 9.84. The molecule has 0 radical (unpaired) electrons. The van der Waals surface area contributed by atoms with Crippen molar-refractivity contribution in [1.29, 1.82) is 0 Å². The quantitative estimate of drug-likeness (QED) is 0.583. The van der Waals surface area contributed by atoms with Gasteiger partial charge in [0.2, 0.25) is 0 Å². The molecule has 0 N–H and O–H groups in total. The monoisotopic (exact) mass is 370 g/mol. The van der Waals surface area contributed by atoms with Crippen molar-refractivity contribution in [2.75, 3.05) is 7.11 Å². The zero-order chi connectivity index (χ0) is 13.4. The Balaban J connectivity index is 1.75. The van der Waals surface area contributed by atoms with Gasteiger partial charge in [0, 0.05) is 9.99 Å². The molecule has 0 heterocycles. The van der Waals surface area contributed by atoms with Crippen LogP contribution in [-0.2, 0) is 0 Å². The van der Waals surface area contributed by atoms with Crippen molar-refractivity contribution in [3.05, 3.63) is 27.3 Å². The average molecular weight is 370 g/mol. The number of carbonyl (C=O) groups is 1. The molecular formula is C16H19IO2. The van der Waals surface area contributed by atoms with Crippen LogP contribution in [0.4, 0.5) is 0 Å². The maximum Gasteiger partial charge on any atom is 0.166 e. The Bertz CT molecular complexity index is 498. The maximum atomic E-state index is 12.5. The summed E-state index contributed by atoms with van der Waals surface area (Å²) < 4.78 is 6.42. The lowest BCUT2D eigenvalue weighted by Gasteiger charge is -2.21. The SMILES string of the molecule is COc1ccc(I)cc1C(=O)CC1CC2CCC1C2. The number of halogens is 1. The summed E-state index contributed by atoms with van der Waals surface area (Å²) in [5, 5.41) is 0. The summed E-state index contributed by atoms with van der Waals surface area (Å²) in [4.78, 5) is 12.5. The van der Waals surface area contributed by atoms with Gasteiger partial charge in [-0.15, -0.1) is 0 Å². The summed E-state index contributed by atoms with van der Waals surface area (Å²) >= 11 is 2.25. The predicted octanol–water partition coefficient (Wildman–Crippen LogP) is 4.31. The molecule has 3 heteroatoms. The fraction of sp³-hybridized carbons (Fsp3) is 0.562. The molecule has 0 amide bonds. The van der Waals surface area contributed by atoms with Crippen LogP contribution >= 0.6 is 22.6 Å². The number of rotatable bonds is 4. The molecule has 3 atom stereocenters. The van der Waals surface area contributed by atoms with Crippen molar-refractivity contribution < 1.29 is 9.53 Å². The average Bonchev–Trinajstić information content (AvgIpc) is 3.01. The summed E-state index contributed by atoms with van der Waals surface area (Å²) in [5.74, 6) is 3.30. The van der Waals surface area contributed by atoms with Crippen LogP contribution < -0.4 is 4.74 Å². The number of ketones is 1. The van der Waals surface area contributed by atoms with Crippen LogP contribution in [0.15, 0.2) is 18.2 Å². The fourth-order valence-corrected chi connectivity index (χ4v) is 4.36. The minimum absolute atomic E-state index is 0.257. The van der Waals surface area contributed by atoms with Crippen LogP contribution in [0.1, 0.15) is 42.5 Å². The minimum Gasteiger partial charge on any atom is -0.496 e. The van der Waals surface area contributed by atoms with Crippen LogP contribution in [0.25, 0.3) is 0 Å². The van der Waals surface area contributed by atoms with E-state index < -0.39 is 0 Å². The molecule has 0 aromatic heterocycles. The first kappa shape index (κ1) is 13.4. The third-order valence-electron chi connectivity index (χ3n) is 4.79. The number of hydrogen-bond acceptors (Lipinski definition) is 2. The molecule has 2 nitrogen and oxygen atoms in total. The third kappa shape index (κ3) is 2.67. The predicted molar refractivity (Wildman–Crippen MR) is 83.6 cm³/mol. The molecule has 2 aliphatic rings. The molecule has 3 unspecified atom stereocenters. The second-order valence-corrected chi connectivity index (χ2v) is 7.15. The van der Waals surface area contributed by atoms with E-state index >= 15 is 0 Å². The molecule has 1 aromatic carbocycles. The Morgan fingerprint density at radius 3 is 2.84 bits per heavy atom. The number of hydrogen-bond donors (Lipinski definition) is 0. The Labute approximate surface area is 128 Å². The normalized spacial score (nSPS) is 28.6. The van der Waals surface area contributed by atoms with Crippen molar-refractivity contribution >= 4 is 28.4 Å². The molecular weight excluding hydrogens is 351 g/mol. The van der Waals surface area contributed by atoms with E-state index in [0.717, 1.165) is 21.0 Å². The first-order valence-corrected chi connectivity index (χ1v) is 8.12. The van der Waals surface area contributed by atoms with E-state index in [9.17, 15) is 4.79 Å². The molecule has 2 fully saturated rings. The van der Waals surface area contributed by atoms with E-state index in [-0.39, 0.29) is 5.78 Å². The molecule has 19 heavy (non-hydrogen) atoms. The molecule has 102 valence electrons. The van der Waals surface area contributed by atoms with Gasteiger partial charge in [-0.1, -0.05) is 6.42 Å². The number of carbonyl (C=O) groups excluding carboxylic acids is 1. The molecule has 2 saturated carbocycles. The van der Waals surface area contributed by atoms with Gasteiger partial charge in [0.1, 0.15) is 5.75 Å². The van der Waals surface area contributed by atoms with E-state index in [2.05, 4.69) is 22.6 Å². The van der Waals surface area contributed by atoms with E-state index in [1.165, 1.54) is 25.7 Å². The topological polar surface area (TPSA) is 26.3 Å². The highest BCUT2D eigenvalue weighted by atomic mass is 127. The van der Waals surface area contributed by atoms with Gasteiger partial charge >= 0.3 is 0 Å². The van der Waals surface area contributed by atoms with Gasteiger partial charge < -0.3 is 4.74 Å². The van der Waals surface area contributed by atoms with Crippen LogP contribution in [0.5, 0.6) is 5.75 Å². The third-order valence-corrected chi connectivity index (χ3v) is 5.47. The first-order valence-electron chi connectivity index (χ1n) is 7.04. The van der Waals surface area contributed by atoms with E-state index in [4.69, 9.17) is 4.74 Å². The van der Waals surface area contributed by atoms with Gasteiger partial charge in [-0.3, -0.25) is 4.79 Å². The second-order valence-electron chi connectivity index (χ2n) is 5.91. The summed E-state index contributed by atoms with van der Waals surface area (Å²) in [6, 6.07) is 5.83. The fourth-order valence-electron chi connectivity index (χ4n) is 3.87. The first-order chi connectivity index (χ1) is 9.17. The van der Waals surface area contributed by atoms with Gasteiger partial charge in [-0.25, -0.2) is 0 Å². The molecule has 3 rings (SSSR count). The Morgan fingerprint density at radius 2 is 2.21 bits per heavy atom. The summed E-state index contributed by atoms with van der Waals surface area (Å²) in [6.45, 7) is 0. The highest BCUT2D eigenvalue weighted by Gasteiger charge is 2.40. The van der Waals surface area contributed by atoms with Crippen LogP contribution in [0.2, 0.25) is 0 Å². The largest absolute Gasteiger partial charge is 0.496 e. The van der Waals surface area contributed by atoms with Gasteiger partial charge in [0.25, 0.3) is 0 Å². The Kier molecular flexibility index (Phi) is 3.83. The minimum atomic E-state index is 0.257. The Morgan fingerprint density at radius 1 is 1.37 bits per heavy atom. The summed E-state index contributed by atoms with van der Waals surface area (Å²) in [5.41, 5.74) is 0.761. The summed E-state index contributed by atoms with van der Waals surface area (Å²) in [6.07, 6.45) is 6.07. The van der Waals surface area contributed by atoms with Gasteiger partial charge in [0.05, 0.1) is 12.7 Å². The zero-order valence-corrected chi connectivity index (χ0v) is 13.4. The van der Waals surface area contributed by atoms with Crippen molar-refractivity contribution in [3.63, 3.8) is 0 Å². The van der Waals surface area contributed by atoms with Gasteiger partial charge in [-0.2, -0.15) is 0 Å². The lowest BCUT2D eigenvalue weighted by molar-refractivity contribution is 0.0941. The molecule has 1 aromatic rings. The van der Waals surface area contributed by atoms with Crippen molar-refractivity contribution in [1.82, 2.24) is 0 Å². The van der Waals surface area contributed by atoms with Crippen molar-refractivity contribution in [3.8, 4) is 5.75 Å². The van der Waals surface area contributed by atoms with Crippen molar-refractivity contribution in [2.45, 2.75) is 32.1 Å². The Hall–Kier alpha value is -0.580. The van der Waals surface area contributed by atoms with E-state index in [1.54, 1.807) is 7.11 Å². The van der Waals surface area contributed by atoms with E-state index in [1.807, 2.05) is 18.2 Å². The van der Waals surface area contributed by atoms with Gasteiger partial charge in [-0.05, 0) is 77.8 Å². The number of methoxy groups -OCH3 is 1. The number of ether oxygens (including phenoxy) is 1. The van der Waals surface area contributed by atoms with Crippen LogP contribution in [-0.4, -0.2) is 12.9 Å². The zero-order valence-electron chi connectivity index (χ0n) is 11.2. The standard InChI is InChI=1S/C16H19IO2/c1-19-16-5-4-13(17)9-14(16)15(18)8-12-7-10-2-3-11(12)6-10/h4-5,9-12H,2-3,6-8H2,1H3. The molecule has 2 aliphatic carbocycles. The molecule has 0 spiro atoms. The maximum absolute atomic E-state index is 12.5. The molecule has 0 saturated heterocycles. The summed E-state index contributed by atoms with van der Waals surface area (Å²) in [7, 11) is 1.64. The van der Waals surface area contributed by atoms with Crippen LogP contribution in [0, 0.1) is 21.3 Å². The second kappa shape index (κ2) is 5.43. The lowest BCUT2D eigenvalue weighted by Crippen LogP contribution is -2.16. The smallest absolute Gasteiger partial charge is 0.166 e. The highest BCUT2D eigenvalue weighted by Crippen LogP contribution is 2.49.